The Kier molecular flexibility index (Phi) is 3.76. The van der Waals surface area contributed by atoms with Crippen LogP contribution in [-0.2, 0) is 13.1 Å². The van der Waals surface area contributed by atoms with Gasteiger partial charge in [-0.2, -0.15) is 0 Å². The molecule has 0 aliphatic carbocycles. The van der Waals surface area contributed by atoms with E-state index in [0.29, 0.717) is 0 Å². The second-order valence-electron chi connectivity index (χ2n) is 8.38. The van der Waals surface area contributed by atoms with E-state index in [1.54, 1.807) is 0 Å². The van der Waals surface area contributed by atoms with Crippen molar-refractivity contribution in [3.63, 3.8) is 0 Å². The Balaban J connectivity index is 1.53. The van der Waals surface area contributed by atoms with Crippen LogP contribution in [0.15, 0.2) is 84.9 Å². The molecule has 0 aliphatic rings. The van der Waals surface area contributed by atoms with E-state index in [1.807, 2.05) is 0 Å². The van der Waals surface area contributed by atoms with Crippen molar-refractivity contribution in [3.05, 3.63) is 96.1 Å². The van der Waals surface area contributed by atoms with Gasteiger partial charge in [0.05, 0.1) is 0 Å². The minimum atomic E-state index is 0.939. The minimum Gasteiger partial charge on any atom is -0.339 e. The second kappa shape index (κ2) is 6.50. The van der Waals surface area contributed by atoms with Crippen LogP contribution in [0.4, 0.5) is 0 Å². The summed E-state index contributed by atoms with van der Waals surface area (Å²) in [5, 5.41) is 5.38. The lowest BCUT2D eigenvalue weighted by Crippen LogP contribution is -2.07. The molecule has 6 rings (SSSR count). The summed E-state index contributed by atoms with van der Waals surface area (Å²) in [6.45, 7) is 6.22. The summed E-state index contributed by atoms with van der Waals surface area (Å²) in [5.41, 5.74) is 7.88. The molecule has 0 saturated heterocycles. The predicted molar refractivity (Wildman–Crippen MR) is 128 cm³/mol. The lowest BCUT2D eigenvalue weighted by Gasteiger charge is -2.11. The van der Waals surface area contributed by atoms with Crippen LogP contribution in [0, 0.1) is 13.8 Å². The van der Waals surface area contributed by atoms with Crippen molar-refractivity contribution in [1.29, 1.82) is 0 Å². The highest BCUT2D eigenvalue weighted by molar-refractivity contribution is 6.09. The molecule has 0 amide bonds. The molecule has 0 unspecified atom stereocenters. The van der Waals surface area contributed by atoms with E-state index in [4.69, 9.17) is 0 Å². The third-order valence-corrected chi connectivity index (χ3v) is 6.40. The summed E-state index contributed by atoms with van der Waals surface area (Å²) in [4.78, 5) is 0. The Bertz CT molecular complexity index is 1440. The van der Waals surface area contributed by atoms with Gasteiger partial charge in [-0.15, -0.1) is 0 Å². The van der Waals surface area contributed by atoms with Gasteiger partial charge in [-0.1, -0.05) is 59.7 Å². The maximum atomic E-state index is 2.49. The molecule has 2 heteroatoms. The Hall–Kier alpha value is -3.52. The summed E-state index contributed by atoms with van der Waals surface area (Å²) < 4.78 is 4.97. The van der Waals surface area contributed by atoms with Gasteiger partial charge in [0.15, 0.2) is 0 Å². The lowest BCUT2D eigenvalue weighted by molar-refractivity contribution is 0.631. The van der Waals surface area contributed by atoms with Gasteiger partial charge < -0.3 is 9.13 Å². The molecule has 2 nitrogen and oxygen atoms in total. The number of benzene rings is 4. The lowest BCUT2D eigenvalue weighted by atomic mass is 10.1. The van der Waals surface area contributed by atoms with Crippen molar-refractivity contribution in [1.82, 2.24) is 9.13 Å². The third kappa shape index (κ3) is 2.50. The average Bonchev–Trinajstić information content (AvgIpc) is 3.24. The maximum absolute atomic E-state index is 2.49. The van der Waals surface area contributed by atoms with Crippen LogP contribution in [0.3, 0.4) is 0 Å². The zero-order valence-electron chi connectivity index (χ0n) is 17.4. The monoisotopic (exact) mass is 388 g/mol. The molecule has 146 valence electrons. The largest absolute Gasteiger partial charge is 0.339 e. The van der Waals surface area contributed by atoms with E-state index in [2.05, 4.69) is 108 Å². The topological polar surface area (TPSA) is 9.86 Å². The fourth-order valence-electron chi connectivity index (χ4n) is 5.02. The first-order valence-electron chi connectivity index (χ1n) is 10.7. The Morgan fingerprint density at radius 2 is 0.867 bits per heavy atom. The van der Waals surface area contributed by atoms with Gasteiger partial charge in [0, 0.05) is 56.7 Å². The molecular weight excluding hydrogens is 364 g/mol. The average molecular weight is 389 g/mol. The van der Waals surface area contributed by atoms with Crippen LogP contribution in [0.5, 0.6) is 0 Å². The van der Waals surface area contributed by atoms with Gasteiger partial charge >= 0.3 is 0 Å². The number of hydrogen-bond acceptors (Lipinski definition) is 0. The summed E-state index contributed by atoms with van der Waals surface area (Å²) in [6.07, 6.45) is 0. The predicted octanol–water partition coefficient (Wildman–Crippen LogP) is 7.22. The van der Waals surface area contributed by atoms with Gasteiger partial charge in [0.1, 0.15) is 0 Å². The van der Waals surface area contributed by atoms with E-state index in [0.717, 1.165) is 13.1 Å². The molecule has 0 aliphatic heterocycles. The minimum absolute atomic E-state index is 0.939. The molecule has 0 fully saturated rings. The molecular formula is C28H24N2. The summed E-state index contributed by atoms with van der Waals surface area (Å²) in [6, 6.07) is 31.2. The molecule has 0 saturated carbocycles. The molecule has 30 heavy (non-hydrogen) atoms. The molecule has 0 N–H and O–H groups in total. The first-order valence-corrected chi connectivity index (χ1v) is 10.7. The number of aryl methyl sites for hydroxylation is 4. The Morgan fingerprint density at radius 3 is 1.33 bits per heavy atom. The van der Waals surface area contributed by atoms with E-state index in [1.165, 1.54) is 54.7 Å². The summed E-state index contributed by atoms with van der Waals surface area (Å²) in [7, 11) is 0. The maximum Gasteiger partial charge on any atom is 0.0492 e. The fraction of sp³-hybridized carbons (Fsp3) is 0.143. The van der Waals surface area contributed by atoms with Crippen molar-refractivity contribution in [2.75, 3.05) is 0 Å². The normalized spacial score (nSPS) is 11.9. The number of fused-ring (bicyclic) bond motifs is 6. The smallest absolute Gasteiger partial charge is 0.0492 e. The van der Waals surface area contributed by atoms with E-state index in [9.17, 15) is 0 Å². The van der Waals surface area contributed by atoms with Crippen molar-refractivity contribution >= 4 is 43.6 Å². The summed E-state index contributed by atoms with van der Waals surface area (Å²) >= 11 is 0. The Labute approximate surface area is 176 Å². The highest BCUT2D eigenvalue weighted by atomic mass is 15.1. The number of aromatic nitrogens is 2. The number of rotatable bonds is 3. The van der Waals surface area contributed by atoms with Crippen molar-refractivity contribution in [2.24, 2.45) is 0 Å². The molecule has 6 aromatic rings. The number of nitrogens with zero attached hydrogens (tertiary/aromatic N) is 2. The van der Waals surface area contributed by atoms with Crippen LogP contribution in [0.25, 0.3) is 43.6 Å². The molecule has 0 radical (unpaired) electrons. The molecule has 2 heterocycles. The fourth-order valence-corrected chi connectivity index (χ4v) is 5.02. The quantitative estimate of drug-likeness (QED) is 0.303. The van der Waals surface area contributed by atoms with Gasteiger partial charge in [0.25, 0.3) is 0 Å². The van der Waals surface area contributed by atoms with Gasteiger partial charge in [-0.3, -0.25) is 0 Å². The van der Waals surface area contributed by atoms with Crippen molar-refractivity contribution in [3.8, 4) is 0 Å². The molecule has 4 aromatic carbocycles. The van der Waals surface area contributed by atoms with Crippen LogP contribution in [-0.4, -0.2) is 9.13 Å². The van der Waals surface area contributed by atoms with E-state index in [-0.39, 0.29) is 0 Å². The SMILES string of the molecule is Cc1ccc2c(c1)c1ccccc1n2CCn1c2ccccc2c2cc(C)ccc21. The molecule has 0 atom stereocenters. The van der Waals surface area contributed by atoms with Crippen molar-refractivity contribution in [2.45, 2.75) is 26.9 Å². The molecule has 0 spiro atoms. The van der Waals surface area contributed by atoms with Crippen molar-refractivity contribution < 1.29 is 0 Å². The first-order chi connectivity index (χ1) is 14.7. The van der Waals surface area contributed by atoms with Crippen LogP contribution in [0.1, 0.15) is 11.1 Å². The summed E-state index contributed by atoms with van der Waals surface area (Å²) in [5.74, 6) is 0. The van der Waals surface area contributed by atoms with E-state index < -0.39 is 0 Å². The standard InChI is InChI=1S/C28H24N2/c1-19-11-13-27-23(17-19)21-7-3-5-9-25(21)29(27)15-16-30-26-10-6-4-8-22(26)24-18-20(2)12-14-28(24)30/h3-14,17-18H,15-16H2,1-2H3. The second-order valence-corrected chi connectivity index (χ2v) is 8.38. The third-order valence-electron chi connectivity index (χ3n) is 6.40. The Morgan fingerprint density at radius 1 is 0.467 bits per heavy atom. The molecule has 2 aromatic heterocycles. The van der Waals surface area contributed by atoms with Crippen LogP contribution >= 0.6 is 0 Å². The first kappa shape index (κ1) is 17.3. The highest BCUT2D eigenvalue weighted by Crippen LogP contribution is 2.32. The zero-order chi connectivity index (χ0) is 20.2. The zero-order valence-corrected chi connectivity index (χ0v) is 17.4. The van der Waals surface area contributed by atoms with Gasteiger partial charge in [-0.25, -0.2) is 0 Å². The number of hydrogen-bond donors (Lipinski definition) is 0. The number of para-hydroxylation sites is 2. The highest BCUT2D eigenvalue weighted by Gasteiger charge is 2.13. The molecule has 0 bridgehead atoms. The van der Waals surface area contributed by atoms with Gasteiger partial charge in [-0.05, 0) is 50.2 Å². The van der Waals surface area contributed by atoms with E-state index >= 15 is 0 Å². The van der Waals surface area contributed by atoms with Crippen LogP contribution < -0.4 is 0 Å². The van der Waals surface area contributed by atoms with Gasteiger partial charge in [0.2, 0.25) is 0 Å². The van der Waals surface area contributed by atoms with Crippen LogP contribution in [0.2, 0.25) is 0 Å².